The highest BCUT2D eigenvalue weighted by molar-refractivity contribution is 7.89. The zero-order chi connectivity index (χ0) is 12.9. The van der Waals surface area contributed by atoms with E-state index in [1.54, 1.807) is 0 Å². The van der Waals surface area contributed by atoms with Crippen molar-refractivity contribution in [3.05, 3.63) is 21.9 Å². The van der Waals surface area contributed by atoms with Crippen LogP contribution in [-0.4, -0.2) is 25.2 Å². The molecule has 0 bridgehead atoms. The third-order valence-corrected chi connectivity index (χ3v) is 4.57. The molecule has 0 aromatic carbocycles. The Balaban J connectivity index is 2.40. The van der Waals surface area contributed by atoms with Crippen LogP contribution < -0.4 is 4.72 Å². The zero-order valence-corrected chi connectivity index (χ0v) is 11.1. The molecule has 96 valence electrons. The van der Waals surface area contributed by atoms with Crippen molar-refractivity contribution in [3.8, 4) is 0 Å². The minimum Gasteiger partial charge on any atom is -0.481 e. The number of carbonyl (C=O) groups is 1. The Kier molecular flexibility index (Phi) is 5.10. The van der Waals surface area contributed by atoms with Crippen molar-refractivity contribution in [2.45, 2.75) is 26.3 Å². The molecule has 0 atom stereocenters. The largest absolute Gasteiger partial charge is 0.481 e. The minimum atomic E-state index is -3.38. The first-order valence-electron chi connectivity index (χ1n) is 5.11. The number of rotatable bonds is 7. The highest BCUT2D eigenvalue weighted by Crippen LogP contribution is 2.13. The number of aliphatic carboxylic acids is 1. The van der Waals surface area contributed by atoms with Crippen LogP contribution in [0.25, 0.3) is 0 Å². The van der Waals surface area contributed by atoms with Crippen LogP contribution in [0.3, 0.4) is 0 Å². The van der Waals surface area contributed by atoms with Gasteiger partial charge in [0.05, 0.1) is 5.75 Å². The van der Waals surface area contributed by atoms with Crippen molar-refractivity contribution in [1.82, 2.24) is 4.72 Å². The normalized spacial score (nSPS) is 11.6. The van der Waals surface area contributed by atoms with Crippen molar-refractivity contribution in [1.29, 1.82) is 0 Å². The van der Waals surface area contributed by atoms with Crippen LogP contribution >= 0.6 is 11.3 Å². The molecule has 5 nitrogen and oxygen atoms in total. The van der Waals surface area contributed by atoms with Gasteiger partial charge in [0.15, 0.2) is 0 Å². The maximum Gasteiger partial charge on any atom is 0.303 e. The fourth-order valence-electron chi connectivity index (χ4n) is 1.24. The highest BCUT2D eigenvalue weighted by Gasteiger charge is 2.11. The van der Waals surface area contributed by atoms with E-state index in [9.17, 15) is 13.2 Å². The zero-order valence-electron chi connectivity index (χ0n) is 9.47. The van der Waals surface area contributed by atoms with Crippen LogP contribution in [0.15, 0.2) is 10.8 Å². The Labute approximate surface area is 105 Å². The summed E-state index contributed by atoms with van der Waals surface area (Å²) in [7, 11) is -3.38. The summed E-state index contributed by atoms with van der Waals surface area (Å²) in [6, 6.07) is 0. The van der Waals surface area contributed by atoms with Crippen LogP contribution in [0.4, 0.5) is 0 Å². The predicted octanol–water partition coefficient (Wildman–Crippen LogP) is 1.34. The Hall–Kier alpha value is -0.920. The SMILES string of the molecule is Cc1cscc1CNS(=O)(=O)CCCC(=O)O. The van der Waals surface area contributed by atoms with E-state index in [0.29, 0.717) is 0 Å². The van der Waals surface area contributed by atoms with Crippen LogP contribution in [-0.2, 0) is 21.4 Å². The van der Waals surface area contributed by atoms with Crippen molar-refractivity contribution in [2.24, 2.45) is 0 Å². The highest BCUT2D eigenvalue weighted by atomic mass is 32.2. The molecule has 0 spiro atoms. The molecule has 1 heterocycles. The van der Waals surface area contributed by atoms with Crippen LogP contribution in [0.2, 0.25) is 0 Å². The van der Waals surface area contributed by atoms with Gasteiger partial charge in [0.1, 0.15) is 0 Å². The molecule has 0 aliphatic heterocycles. The van der Waals surface area contributed by atoms with Gasteiger partial charge >= 0.3 is 5.97 Å². The summed E-state index contributed by atoms with van der Waals surface area (Å²) < 4.78 is 25.5. The van der Waals surface area contributed by atoms with Crippen LogP contribution in [0.5, 0.6) is 0 Å². The first kappa shape index (κ1) is 14.1. The molecular weight excluding hydrogens is 262 g/mol. The second-order valence-corrected chi connectivity index (χ2v) is 6.39. The Morgan fingerprint density at radius 2 is 2.18 bits per heavy atom. The number of nitrogens with one attached hydrogen (secondary N) is 1. The molecule has 0 aliphatic carbocycles. The van der Waals surface area contributed by atoms with Gasteiger partial charge in [0.25, 0.3) is 0 Å². The van der Waals surface area contributed by atoms with Gasteiger partial charge in [0.2, 0.25) is 10.0 Å². The maximum atomic E-state index is 11.5. The topological polar surface area (TPSA) is 83.5 Å². The number of carboxylic acids is 1. The monoisotopic (exact) mass is 277 g/mol. The lowest BCUT2D eigenvalue weighted by atomic mass is 10.2. The first-order chi connectivity index (χ1) is 7.91. The first-order valence-corrected chi connectivity index (χ1v) is 7.71. The quantitative estimate of drug-likeness (QED) is 0.788. The van der Waals surface area contributed by atoms with Gasteiger partial charge in [-0.25, -0.2) is 13.1 Å². The number of hydrogen-bond acceptors (Lipinski definition) is 4. The molecule has 17 heavy (non-hydrogen) atoms. The summed E-state index contributed by atoms with van der Waals surface area (Å²) in [5.41, 5.74) is 2.01. The third-order valence-electron chi connectivity index (χ3n) is 2.25. The van der Waals surface area contributed by atoms with Gasteiger partial charge < -0.3 is 5.11 Å². The van der Waals surface area contributed by atoms with Crippen molar-refractivity contribution >= 4 is 27.3 Å². The molecular formula is C10H15NO4S2. The van der Waals surface area contributed by atoms with Gasteiger partial charge in [0, 0.05) is 13.0 Å². The molecule has 0 aliphatic rings. The van der Waals surface area contributed by atoms with E-state index in [4.69, 9.17) is 5.11 Å². The lowest BCUT2D eigenvalue weighted by Crippen LogP contribution is -2.26. The fourth-order valence-corrected chi connectivity index (χ4v) is 3.14. The lowest BCUT2D eigenvalue weighted by Gasteiger charge is -2.05. The van der Waals surface area contributed by atoms with Gasteiger partial charge in [-0.3, -0.25) is 4.79 Å². The van der Waals surface area contributed by atoms with Crippen molar-refractivity contribution < 1.29 is 18.3 Å². The Bertz CT molecular complexity index is 478. The van der Waals surface area contributed by atoms with Crippen LogP contribution in [0.1, 0.15) is 24.0 Å². The van der Waals surface area contributed by atoms with Crippen molar-refractivity contribution in [3.63, 3.8) is 0 Å². The van der Waals surface area contributed by atoms with E-state index in [0.717, 1.165) is 11.1 Å². The molecule has 7 heteroatoms. The number of thiophene rings is 1. The van der Waals surface area contributed by atoms with Gasteiger partial charge in [-0.1, -0.05) is 0 Å². The summed E-state index contributed by atoms with van der Waals surface area (Å²) in [4.78, 5) is 10.3. The molecule has 1 aromatic rings. The third kappa shape index (κ3) is 5.29. The molecule has 0 unspecified atom stereocenters. The van der Waals surface area contributed by atoms with Crippen molar-refractivity contribution in [2.75, 3.05) is 5.75 Å². The van der Waals surface area contributed by atoms with Gasteiger partial charge in [-0.15, -0.1) is 0 Å². The van der Waals surface area contributed by atoms with E-state index in [-0.39, 0.29) is 25.1 Å². The van der Waals surface area contributed by atoms with E-state index in [1.807, 2.05) is 17.7 Å². The molecule has 0 radical (unpaired) electrons. The number of hydrogen-bond donors (Lipinski definition) is 2. The molecule has 1 rings (SSSR count). The molecule has 2 N–H and O–H groups in total. The smallest absolute Gasteiger partial charge is 0.303 e. The molecule has 0 saturated heterocycles. The van der Waals surface area contributed by atoms with E-state index >= 15 is 0 Å². The number of aryl methyl sites for hydroxylation is 1. The van der Waals surface area contributed by atoms with Gasteiger partial charge in [-0.2, -0.15) is 11.3 Å². The Morgan fingerprint density at radius 1 is 1.47 bits per heavy atom. The predicted molar refractivity (Wildman–Crippen MR) is 66.6 cm³/mol. The van der Waals surface area contributed by atoms with E-state index in [1.165, 1.54) is 11.3 Å². The summed E-state index contributed by atoms with van der Waals surface area (Å²) in [5.74, 6) is -1.13. The van der Waals surface area contributed by atoms with E-state index < -0.39 is 16.0 Å². The van der Waals surface area contributed by atoms with E-state index in [2.05, 4.69) is 4.72 Å². The van der Waals surface area contributed by atoms with Crippen LogP contribution in [0, 0.1) is 6.92 Å². The molecule has 0 amide bonds. The summed E-state index contributed by atoms with van der Waals surface area (Å²) in [5, 5.41) is 12.3. The number of carboxylic acid groups (broad SMARTS) is 1. The minimum absolute atomic E-state index is 0.127. The standard InChI is InChI=1S/C10H15NO4S2/c1-8-6-16-7-9(8)5-11-17(14,15)4-2-3-10(12)13/h6-7,11H,2-5H2,1H3,(H,12,13). The Morgan fingerprint density at radius 3 is 2.71 bits per heavy atom. The second kappa shape index (κ2) is 6.13. The molecule has 0 saturated carbocycles. The molecule has 0 fully saturated rings. The average Bonchev–Trinajstić information content (AvgIpc) is 2.60. The fraction of sp³-hybridized carbons (Fsp3) is 0.500. The lowest BCUT2D eigenvalue weighted by molar-refractivity contribution is -0.137. The summed E-state index contributed by atoms with van der Waals surface area (Å²) >= 11 is 1.53. The summed E-state index contributed by atoms with van der Waals surface area (Å²) in [6.45, 7) is 2.19. The number of sulfonamides is 1. The summed E-state index contributed by atoms with van der Waals surface area (Å²) in [6.07, 6.45) is 0.00563. The average molecular weight is 277 g/mol. The second-order valence-electron chi connectivity index (χ2n) is 3.72. The maximum absolute atomic E-state index is 11.5. The van der Waals surface area contributed by atoms with Gasteiger partial charge in [-0.05, 0) is 35.2 Å². The molecule has 1 aromatic heterocycles.